The number of carbonyl (C=O) groups is 1. The van der Waals surface area contributed by atoms with Gasteiger partial charge in [0.25, 0.3) is 0 Å². The Labute approximate surface area is 109 Å². The highest BCUT2D eigenvalue weighted by Crippen LogP contribution is 2.30. The van der Waals surface area contributed by atoms with Crippen molar-refractivity contribution in [2.45, 2.75) is 64.6 Å². The van der Waals surface area contributed by atoms with E-state index in [9.17, 15) is 4.79 Å². The molecule has 1 fully saturated rings. The first kappa shape index (κ1) is 14.7. The molecule has 4 nitrogen and oxygen atoms in total. The fourth-order valence-electron chi connectivity index (χ4n) is 2.75. The molecule has 0 amide bonds. The molecule has 1 heterocycles. The summed E-state index contributed by atoms with van der Waals surface area (Å²) in [5, 5.41) is 12.3. The van der Waals surface area contributed by atoms with Crippen LogP contribution in [0.2, 0.25) is 0 Å². The molecule has 0 unspecified atom stereocenters. The maximum Gasteiger partial charge on any atom is 0.348 e. The van der Waals surface area contributed by atoms with Crippen molar-refractivity contribution >= 4 is 5.97 Å². The number of hydrogen-bond acceptors (Lipinski definition) is 4. The summed E-state index contributed by atoms with van der Waals surface area (Å²) in [6.45, 7) is 10.0. The summed E-state index contributed by atoms with van der Waals surface area (Å²) in [5.74, 6) is -0.515. The van der Waals surface area contributed by atoms with Gasteiger partial charge in [0.1, 0.15) is 17.7 Å². The van der Waals surface area contributed by atoms with Crippen molar-refractivity contribution in [3.05, 3.63) is 11.6 Å². The monoisotopic (exact) mass is 250 g/mol. The van der Waals surface area contributed by atoms with Crippen LogP contribution in [0.3, 0.4) is 0 Å². The molecule has 0 atom stereocenters. The fraction of sp³-hybridized carbons (Fsp3) is 0.714. The summed E-state index contributed by atoms with van der Waals surface area (Å²) >= 11 is 0. The van der Waals surface area contributed by atoms with E-state index < -0.39 is 5.97 Å². The number of esters is 1. The van der Waals surface area contributed by atoms with E-state index in [2.05, 4.69) is 33.0 Å². The number of hydrogen-bond donors (Lipinski definition) is 1. The van der Waals surface area contributed by atoms with Crippen LogP contribution >= 0.6 is 0 Å². The van der Waals surface area contributed by atoms with Gasteiger partial charge in [-0.25, -0.2) is 4.79 Å². The van der Waals surface area contributed by atoms with Crippen molar-refractivity contribution in [2.75, 3.05) is 0 Å². The van der Waals surface area contributed by atoms with Crippen LogP contribution in [0.15, 0.2) is 11.6 Å². The number of nitrogens with one attached hydrogen (secondary N) is 1. The second kappa shape index (κ2) is 5.11. The summed E-state index contributed by atoms with van der Waals surface area (Å²) in [7, 11) is 0. The van der Waals surface area contributed by atoms with Crippen LogP contribution in [0.25, 0.3) is 0 Å². The van der Waals surface area contributed by atoms with Gasteiger partial charge in [0.2, 0.25) is 0 Å². The van der Waals surface area contributed by atoms with Gasteiger partial charge in [-0.2, -0.15) is 5.26 Å². The highest BCUT2D eigenvalue weighted by molar-refractivity contribution is 5.92. The molecule has 100 valence electrons. The van der Waals surface area contributed by atoms with E-state index in [4.69, 9.17) is 10.00 Å². The molecule has 1 rings (SSSR count). The van der Waals surface area contributed by atoms with Gasteiger partial charge in [-0.1, -0.05) is 6.08 Å². The molecular weight excluding hydrogens is 228 g/mol. The van der Waals surface area contributed by atoms with Crippen LogP contribution in [-0.4, -0.2) is 23.2 Å². The van der Waals surface area contributed by atoms with Gasteiger partial charge in [-0.3, -0.25) is 0 Å². The summed E-state index contributed by atoms with van der Waals surface area (Å²) < 4.78 is 5.44. The Morgan fingerprint density at radius 2 is 1.83 bits per heavy atom. The number of ether oxygens (including phenoxy) is 1. The molecule has 0 radical (unpaired) electrons. The minimum Gasteiger partial charge on any atom is -0.458 e. The number of nitriles is 1. The van der Waals surface area contributed by atoms with Gasteiger partial charge in [0.05, 0.1) is 0 Å². The van der Waals surface area contributed by atoms with Gasteiger partial charge >= 0.3 is 5.97 Å². The molecule has 4 heteroatoms. The van der Waals surface area contributed by atoms with Crippen molar-refractivity contribution < 1.29 is 9.53 Å². The molecule has 1 aliphatic rings. The zero-order valence-corrected chi connectivity index (χ0v) is 11.8. The average Bonchev–Trinajstić information content (AvgIpc) is 2.13. The lowest BCUT2D eigenvalue weighted by Crippen LogP contribution is -2.59. The smallest absolute Gasteiger partial charge is 0.348 e. The van der Waals surface area contributed by atoms with Gasteiger partial charge in [-0.05, 0) is 34.6 Å². The number of piperidine rings is 1. The van der Waals surface area contributed by atoms with Gasteiger partial charge in [-0.15, -0.1) is 0 Å². The first-order valence-corrected chi connectivity index (χ1v) is 6.26. The Morgan fingerprint density at radius 1 is 1.33 bits per heavy atom. The number of rotatable bonds is 2. The molecule has 1 saturated heterocycles. The van der Waals surface area contributed by atoms with Crippen molar-refractivity contribution in [3.8, 4) is 6.07 Å². The van der Waals surface area contributed by atoms with Crippen molar-refractivity contribution in [1.82, 2.24) is 5.32 Å². The molecule has 0 spiro atoms. The Kier molecular flexibility index (Phi) is 4.18. The Balaban J connectivity index is 2.74. The lowest BCUT2D eigenvalue weighted by molar-refractivity contribution is -0.147. The van der Waals surface area contributed by atoms with E-state index in [-0.39, 0.29) is 22.8 Å². The first-order valence-electron chi connectivity index (χ1n) is 6.26. The van der Waals surface area contributed by atoms with Crippen LogP contribution in [0.5, 0.6) is 0 Å². The molecule has 0 bridgehead atoms. The second-order valence-electron chi connectivity index (χ2n) is 6.14. The summed E-state index contributed by atoms with van der Waals surface area (Å²) in [5.41, 5.74) is -0.0747. The van der Waals surface area contributed by atoms with Crippen molar-refractivity contribution in [2.24, 2.45) is 0 Å². The Hall–Kier alpha value is -1.34. The molecule has 0 aliphatic carbocycles. The van der Waals surface area contributed by atoms with Crippen LogP contribution in [0, 0.1) is 11.3 Å². The summed E-state index contributed by atoms with van der Waals surface area (Å²) in [4.78, 5) is 11.8. The number of carbonyl (C=O) groups excluding carboxylic acids is 1. The first-order chi connectivity index (χ1) is 8.19. The highest BCUT2D eigenvalue weighted by Gasteiger charge is 2.39. The number of allylic oxidation sites excluding steroid dienone is 1. The van der Waals surface area contributed by atoms with Gasteiger partial charge in [0.15, 0.2) is 0 Å². The SMILES string of the molecule is C/C=C(\C#N)C(=O)OC1CC(C)(C)NC(C)(C)C1. The van der Waals surface area contributed by atoms with Crippen molar-refractivity contribution in [1.29, 1.82) is 5.26 Å². The molecular formula is C14H22N2O2. The highest BCUT2D eigenvalue weighted by atomic mass is 16.5. The minimum atomic E-state index is -0.515. The third kappa shape index (κ3) is 3.85. The fourth-order valence-corrected chi connectivity index (χ4v) is 2.75. The molecule has 0 aromatic rings. The molecule has 1 aliphatic heterocycles. The standard InChI is InChI=1S/C14H22N2O2/c1-6-10(9-15)12(17)18-11-7-13(2,3)16-14(4,5)8-11/h6,11,16H,7-8H2,1-5H3/b10-6+. The van der Waals surface area contributed by atoms with E-state index >= 15 is 0 Å². The van der Waals surface area contributed by atoms with Gasteiger partial charge in [0, 0.05) is 23.9 Å². The Morgan fingerprint density at radius 3 is 2.22 bits per heavy atom. The molecule has 18 heavy (non-hydrogen) atoms. The maximum absolute atomic E-state index is 11.8. The minimum absolute atomic E-state index is 0.0733. The zero-order chi connectivity index (χ0) is 14.0. The van der Waals surface area contributed by atoms with Crippen molar-refractivity contribution in [3.63, 3.8) is 0 Å². The quantitative estimate of drug-likeness (QED) is 0.464. The molecule has 0 saturated carbocycles. The lowest BCUT2D eigenvalue weighted by Gasteiger charge is -2.45. The number of nitrogens with zero attached hydrogens (tertiary/aromatic N) is 1. The van der Waals surface area contributed by atoms with Crippen LogP contribution < -0.4 is 5.32 Å². The maximum atomic E-state index is 11.8. The normalized spacial score (nSPS) is 23.2. The van der Waals surface area contributed by atoms with E-state index in [0.717, 1.165) is 12.8 Å². The largest absolute Gasteiger partial charge is 0.458 e. The topological polar surface area (TPSA) is 62.1 Å². The summed E-state index contributed by atoms with van der Waals surface area (Å²) in [6.07, 6.45) is 2.85. The van der Waals surface area contributed by atoms with E-state index in [1.54, 1.807) is 6.92 Å². The van der Waals surface area contributed by atoms with Gasteiger partial charge < -0.3 is 10.1 Å². The van der Waals surface area contributed by atoms with E-state index in [1.807, 2.05) is 6.07 Å². The average molecular weight is 250 g/mol. The summed E-state index contributed by atoms with van der Waals surface area (Å²) in [6, 6.07) is 1.85. The zero-order valence-electron chi connectivity index (χ0n) is 11.8. The third-order valence-corrected chi connectivity index (χ3v) is 3.06. The molecule has 0 aromatic carbocycles. The predicted molar refractivity (Wildman–Crippen MR) is 69.8 cm³/mol. The second-order valence-corrected chi connectivity index (χ2v) is 6.14. The Bertz CT molecular complexity index is 387. The lowest BCUT2D eigenvalue weighted by atomic mass is 9.81. The molecule has 0 aromatic heterocycles. The predicted octanol–water partition coefficient (Wildman–Crippen LogP) is 2.31. The molecule has 1 N–H and O–H groups in total. The van der Waals surface area contributed by atoms with Crippen LogP contribution in [-0.2, 0) is 9.53 Å². The van der Waals surface area contributed by atoms with Crippen LogP contribution in [0.4, 0.5) is 0 Å². The third-order valence-electron chi connectivity index (χ3n) is 3.06. The van der Waals surface area contributed by atoms with E-state index in [0.29, 0.717) is 0 Å². The van der Waals surface area contributed by atoms with E-state index in [1.165, 1.54) is 6.08 Å². The van der Waals surface area contributed by atoms with Crippen LogP contribution in [0.1, 0.15) is 47.5 Å².